The van der Waals surface area contributed by atoms with Gasteiger partial charge in [-0.1, -0.05) is 26.0 Å². The van der Waals surface area contributed by atoms with E-state index in [1.54, 1.807) is 0 Å². The van der Waals surface area contributed by atoms with Gasteiger partial charge in [0.15, 0.2) is 0 Å². The number of nitrogens with zero attached hydrogens (tertiary/aromatic N) is 2. The normalized spacial score (nSPS) is 16.3. The van der Waals surface area contributed by atoms with Crippen molar-refractivity contribution in [3.8, 4) is 11.5 Å². The van der Waals surface area contributed by atoms with Crippen LogP contribution in [0.5, 0.6) is 11.5 Å². The van der Waals surface area contributed by atoms with Crippen LogP contribution in [0, 0.1) is 0 Å². The van der Waals surface area contributed by atoms with E-state index in [1.807, 2.05) is 0 Å². The molecule has 0 fully saturated rings. The van der Waals surface area contributed by atoms with Gasteiger partial charge in [0.25, 0.3) is 0 Å². The molecule has 2 aromatic carbocycles. The molecule has 0 aliphatic carbocycles. The molecule has 0 unspecified atom stereocenters. The topological polar surface area (TPSA) is 83.9 Å². The van der Waals surface area contributed by atoms with Crippen LogP contribution in [-0.2, 0) is 28.0 Å². The summed E-state index contributed by atoms with van der Waals surface area (Å²) < 4.78 is 22.8. The molecule has 0 radical (unpaired) electrons. The summed E-state index contributed by atoms with van der Waals surface area (Å²) >= 11 is 0. The van der Waals surface area contributed by atoms with Gasteiger partial charge in [-0.25, -0.2) is 0 Å². The summed E-state index contributed by atoms with van der Waals surface area (Å²) in [7, 11) is 0. The number of aliphatic hydroxyl groups excluding tert-OH is 2. The van der Waals surface area contributed by atoms with E-state index in [0.717, 1.165) is 37.7 Å². The Morgan fingerprint density at radius 2 is 1.20 bits per heavy atom. The zero-order valence-corrected chi connectivity index (χ0v) is 20.9. The third kappa shape index (κ3) is 6.52. The zero-order chi connectivity index (χ0) is 24.7. The Bertz CT molecular complexity index is 891. The molecule has 2 N–H and O–H groups in total. The summed E-state index contributed by atoms with van der Waals surface area (Å²) in [6.07, 6.45) is 0. The van der Waals surface area contributed by atoms with Crippen LogP contribution in [-0.4, -0.2) is 86.2 Å². The van der Waals surface area contributed by atoms with Crippen molar-refractivity contribution in [2.24, 2.45) is 0 Å². The second-order valence-corrected chi connectivity index (χ2v) is 9.59. The number of fused-ring (bicyclic) bond motifs is 2. The molecule has 0 amide bonds. The van der Waals surface area contributed by atoms with Gasteiger partial charge in [0.1, 0.15) is 25.0 Å². The standard InChI is InChI=1S/C27H38N2O6/c1-27(2,23-3-5-25-21(15-23)17-28(19-34-25)7-11-32-13-9-30)24-4-6-26-22(16-24)18-29(20-35-26)8-12-33-14-10-31/h3-6,15-16,30-31H,7-14,17-20H2,1-2H3. The molecule has 2 aliphatic heterocycles. The van der Waals surface area contributed by atoms with Gasteiger partial charge in [0.05, 0.1) is 39.6 Å². The summed E-state index contributed by atoms with van der Waals surface area (Å²) in [6.45, 7) is 10.7. The Morgan fingerprint density at radius 3 is 1.63 bits per heavy atom. The van der Waals surface area contributed by atoms with Crippen molar-refractivity contribution in [2.75, 3.05) is 66.2 Å². The SMILES string of the molecule is CC(C)(c1ccc2c(c1)CN(CCOCCO)CO2)c1ccc2c(c1)CN(CCOCCO)CO2. The number of hydrogen-bond acceptors (Lipinski definition) is 8. The number of benzene rings is 2. The molecule has 8 nitrogen and oxygen atoms in total. The molecular weight excluding hydrogens is 448 g/mol. The van der Waals surface area contributed by atoms with E-state index in [0.29, 0.717) is 39.9 Å². The van der Waals surface area contributed by atoms with Crippen LogP contribution in [0.2, 0.25) is 0 Å². The molecule has 0 saturated heterocycles. The Kier molecular flexibility index (Phi) is 8.99. The maximum atomic E-state index is 8.88. The summed E-state index contributed by atoms with van der Waals surface area (Å²) in [4.78, 5) is 4.43. The summed E-state index contributed by atoms with van der Waals surface area (Å²) in [5.41, 5.74) is 4.65. The summed E-state index contributed by atoms with van der Waals surface area (Å²) in [6, 6.07) is 13.0. The lowest BCUT2D eigenvalue weighted by Crippen LogP contribution is -2.35. The van der Waals surface area contributed by atoms with Crippen molar-refractivity contribution in [1.82, 2.24) is 9.80 Å². The Hall–Kier alpha value is -2.20. The molecule has 35 heavy (non-hydrogen) atoms. The van der Waals surface area contributed by atoms with Crippen LogP contribution >= 0.6 is 0 Å². The van der Waals surface area contributed by atoms with Crippen LogP contribution in [0.4, 0.5) is 0 Å². The fourth-order valence-corrected chi connectivity index (χ4v) is 4.53. The van der Waals surface area contributed by atoms with Crippen molar-refractivity contribution < 1.29 is 29.2 Å². The maximum Gasteiger partial charge on any atom is 0.142 e. The zero-order valence-electron chi connectivity index (χ0n) is 20.9. The first-order valence-electron chi connectivity index (χ1n) is 12.4. The highest BCUT2D eigenvalue weighted by atomic mass is 16.5. The van der Waals surface area contributed by atoms with E-state index in [1.165, 1.54) is 22.3 Å². The number of hydrogen-bond donors (Lipinski definition) is 2. The minimum Gasteiger partial charge on any atom is -0.478 e. The van der Waals surface area contributed by atoms with E-state index in [-0.39, 0.29) is 18.6 Å². The van der Waals surface area contributed by atoms with Gasteiger partial charge < -0.3 is 29.2 Å². The molecule has 0 bridgehead atoms. The van der Waals surface area contributed by atoms with Gasteiger partial charge in [-0.3, -0.25) is 9.80 Å². The Morgan fingerprint density at radius 1 is 0.743 bits per heavy atom. The summed E-state index contributed by atoms with van der Waals surface area (Å²) in [5.74, 6) is 1.88. The highest BCUT2D eigenvalue weighted by Gasteiger charge is 2.28. The predicted molar refractivity (Wildman–Crippen MR) is 133 cm³/mol. The van der Waals surface area contributed by atoms with Gasteiger partial charge in [-0.2, -0.15) is 0 Å². The molecule has 2 heterocycles. The first-order chi connectivity index (χ1) is 17.0. The lowest BCUT2D eigenvalue weighted by atomic mass is 9.77. The smallest absolute Gasteiger partial charge is 0.142 e. The summed E-state index contributed by atoms with van der Waals surface area (Å²) in [5, 5.41) is 17.8. The van der Waals surface area contributed by atoms with Crippen molar-refractivity contribution in [2.45, 2.75) is 32.4 Å². The molecular formula is C27H38N2O6. The Labute approximate surface area is 208 Å². The fraction of sp³-hybridized carbons (Fsp3) is 0.556. The monoisotopic (exact) mass is 486 g/mol. The molecule has 0 aromatic heterocycles. The first kappa shape index (κ1) is 25.9. The molecule has 0 saturated carbocycles. The molecule has 8 heteroatoms. The van der Waals surface area contributed by atoms with Crippen LogP contribution in [0.25, 0.3) is 0 Å². The van der Waals surface area contributed by atoms with Crippen LogP contribution in [0.1, 0.15) is 36.1 Å². The second-order valence-electron chi connectivity index (χ2n) is 9.59. The van der Waals surface area contributed by atoms with Crippen LogP contribution in [0.3, 0.4) is 0 Å². The van der Waals surface area contributed by atoms with Crippen LogP contribution in [0.15, 0.2) is 36.4 Å². The minimum absolute atomic E-state index is 0.0453. The fourth-order valence-electron chi connectivity index (χ4n) is 4.53. The quantitative estimate of drug-likeness (QED) is 0.443. The highest BCUT2D eigenvalue weighted by Crippen LogP contribution is 2.38. The van der Waals surface area contributed by atoms with E-state index >= 15 is 0 Å². The van der Waals surface area contributed by atoms with Crippen molar-refractivity contribution in [3.05, 3.63) is 58.7 Å². The Balaban J connectivity index is 1.44. The van der Waals surface area contributed by atoms with E-state index in [4.69, 9.17) is 29.2 Å². The molecule has 0 atom stereocenters. The van der Waals surface area contributed by atoms with Crippen molar-refractivity contribution in [3.63, 3.8) is 0 Å². The van der Waals surface area contributed by atoms with Gasteiger partial charge in [0, 0.05) is 42.7 Å². The van der Waals surface area contributed by atoms with Crippen LogP contribution < -0.4 is 9.47 Å². The minimum atomic E-state index is -0.191. The predicted octanol–water partition coefficient (Wildman–Crippen LogP) is 2.33. The molecule has 2 aromatic rings. The van der Waals surface area contributed by atoms with Crippen molar-refractivity contribution in [1.29, 1.82) is 0 Å². The average Bonchev–Trinajstić information content (AvgIpc) is 2.88. The first-order valence-corrected chi connectivity index (χ1v) is 12.4. The molecule has 2 aliphatic rings. The largest absolute Gasteiger partial charge is 0.478 e. The van der Waals surface area contributed by atoms with E-state index < -0.39 is 0 Å². The molecule has 0 spiro atoms. The maximum absolute atomic E-state index is 8.88. The van der Waals surface area contributed by atoms with Gasteiger partial charge in [-0.15, -0.1) is 0 Å². The highest BCUT2D eigenvalue weighted by molar-refractivity contribution is 5.48. The number of aliphatic hydroxyl groups is 2. The van der Waals surface area contributed by atoms with Gasteiger partial charge in [-0.05, 0) is 35.4 Å². The molecule has 4 rings (SSSR count). The average molecular weight is 487 g/mol. The van der Waals surface area contributed by atoms with Gasteiger partial charge >= 0.3 is 0 Å². The molecule has 192 valence electrons. The third-order valence-corrected chi connectivity index (χ3v) is 6.73. The lowest BCUT2D eigenvalue weighted by Gasteiger charge is -2.33. The van der Waals surface area contributed by atoms with E-state index in [2.05, 4.69) is 60.0 Å². The lowest BCUT2D eigenvalue weighted by molar-refractivity contribution is 0.0388. The van der Waals surface area contributed by atoms with Gasteiger partial charge in [0.2, 0.25) is 0 Å². The third-order valence-electron chi connectivity index (χ3n) is 6.73. The number of rotatable bonds is 12. The van der Waals surface area contributed by atoms with E-state index in [9.17, 15) is 0 Å². The second kappa shape index (κ2) is 12.2. The number of ether oxygens (including phenoxy) is 4. The van der Waals surface area contributed by atoms with Crippen molar-refractivity contribution >= 4 is 0 Å².